The minimum absolute atomic E-state index is 0.260. The maximum atomic E-state index is 12.3. The molecule has 0 amide bonds. The average Bonchev–Trinajstić information content (AvgIpc) is 3.49. The van der Waals surface area contributed by atoms with E-state index in [0.717, 1.165) is 10.4 Å². The number of carboxylic acids is 1. The first-order valence-electron chi connectivity index (χ1n) is 9.57. The van der Waals surface area contributed by atoms with Gasteiger partial charge in [-0.1, -0.05) is 29.7 Å². The lowest BCUT2D eigenvalue weighted by Gasteiger charge is -2.26. The molecule has 0 saturated heterocycles. The molecule has 0 bridgehead atoms. The summed E-state index contributed by atoms with van der Waals surface area (Å²) in [5.74, 6) is 0.0918. The lowest BCUT2D eigenvalue weighted by molar-refractivity contribution is -0.144. The smallest absolute Gasteiger partial charge is 0.316 e. The van der Waals surface area contributed by atoms with Crippen molar-refractivity contribution in [2.45, 2.75) is 31.7 Å². The van der Waals surface area contributed by atoms with Crippen molar-refractivity contribution in [2.75, 3.05) is 5.73 Å². The third-order valence-electron chi connectivity index (χ3n) is 5.21. The van der Waals surface area contributed by atoms with Gasteiger partial charge in [0.15, 0.2) is 5.76 Å². The van der Waals surface area contributed by atoms with E-state index in [9.17, 15) is 9.90 Å². The van der Waals surface area contributed by atoms with Gasteiger partial charge in [0.2, 0.25) is 0 Å². The highest BCUT2D eigenvalue weighted by molar-refractivity contribution is 7.19. The van der Waals surface area contributed by atoms with Gasteiger partial charge in [-0.3, -0.25) is 4.79 Å². The number of halogens is 1. The van der Waals surface area contributed by atoms with Crippen LogP contribution in [0.4, 0.5) is 5.82 Å². The van der Waals surface area contributed by atoms with E-state index in [4.69, 9.17) is 21.9 Å². The number of nitrogens with zero attached hydrogens (tertiary/aromatic N) is 4. The van der Waals surface area contributed by atoms with Gasteiger partial charge < -0.3 is 19.9 Å². The zero-order valence-corrected chi connectivity index (χ0v) is 18.2. The van der Waals surface area contributed by atoms with Crippen LogP contribution < -0.4 is 5.73 Å². The molecule has 0 aliphatic rings. The maximum Gasteiger partial charge on any atom is 0.316 e. The number of thiophene rings is 1. The Bertz CT molecular complexity index is 1200. The molecule has 0 aliphatic heterocycles. The largest absolute Gasteiger partial charge is 0.481 e. The number of hydrogen-bond acceptors (Lipinski definition) is 7. The standard InChI is InChI=1S/C21H20ClN5O3S/c1-2-21(20(28)29,8-13-3-6-19(23)24-9-13)17-11-27(12-25-17)10-14-7-15(30-26-14)16-4-5-18(22)31-16/h3-7,9,11-12H,2,8,10H2,1H3,(H2,23,24)(H,28,29)/t21-/m0/s1. The number of aliphatic carboxylic acids is 1. The summed E-state index contributed by atoms with van der Waals surface area (Å²) in [6.07, 6.45) is 5.60. The summed E-state index contributed by atoms with van der Waals surface area (Å²) < 4.78 is 7.89. The Kier molecular flexibility index (Phi) is 5.79. The van der Waals surface area contributed by atoms with E-state index in [1.807, 2.05) is 19.1 Å². The van der Waals surface area contributed by atoms with Crippen LogP contribution in [0.25, 0.3) is 10.6 Å². The van der Waals surface area contributed by atoms with Gasteiger partial charge in [0, 0.05) is 18.5 Å². The Balaban J connectivity index is 1.57. The summed E-state index contributed by atoms with van der Waals surface area (Å²) >= 11 is 7.39. The van der Waals surface area contributed by atoms with Crippen molar-refractivity contribution >= 4 is 34.7 Å². The van der Waals surface area contributed by atoms with Crippen LogP contribution in [0.1, 0.15) is 30.3 Å². The van der Waals surface area contributed by atoms with Crippen molar-refractivity contribution in [3.63, 3.8) is 0 Å². The quantitative estimate of drug-likeness (QED) is 0.405. The summed E-state index contributed by atoms with van der Waals surface area (Å²) in [5.41, 5.74) is 6.43. The first-order valence-corrected chi connectivity index (χ1v) is 10.8. The van der Waals surface area contributed by atoms with E-state index < -0.39 is 11.4 Å². The molecule has 3 N–H and O–H groups in total. The molecule has 0 aromatic carbocycles. The fraction of sp³-hybridized carbons (Fsp3) is 0.238. The summed E-state index contributed by atoms with van der Waals surface area (Å²) in [7, 11) is 0. The number of nitrogen functional groups attached to an aromatic ring is 1. The summed E-state index contributed by atoms with van der Waals surface area (Å²) in [5, 5.41) is 14.2. The second-order valence-corrected chi connectivity index (χ2v) is 8.94. The van der Waals surface area contributed by atoms with E-state index in [1.54, 1.807) is 41.5 Å². The van der Waals surface area contributed by atoms with Crippen LogP contribution in [-0.2, 0) is 23.2 Å². The molecule has 0 fully saturated rings. The molecule has 4 aromatic heterocycles. The highest BCUT2D eigenvalue weighted by Crippen LogP contribution is 2.33. The number of carbonyl (C=O) groups is 1. The van der Waals surface area contributed by atoms with Crippen LogP contribution in [0.15, 0.2) is 53.6 Å². The van der Waals surface area contributed by atoms with Crippen LogP contribution in [0.2, 0.25) is 4.34 Å². The van der Waals surface area contributed by atoms with Crippen molar-refractivity contribution in [2.24, 2.45) is 0 Å². The molecule has 4 heterocycles. The summed E-state index contributed by atoms with van der Waals surface area (Å²) in [4.78, 5) is 21.7. The fourth-order valence-electron chi connectivity index (χ4n) is 3.45. The van der Waals surface area contributed by atoms with E-state index in [0.29, 0.717) is 40.3 Å². The molecule has 0 spiro atoms. The Morgan fingerprint density at radius 2 is 2.16 bits per heavy atom. The normalized spacial score (nSPS) is 13.2. The topological polar surface area (TPSA) is 120 Å². The minimum atomic E-state index is -1.17. The SMILES string of the molecule is CC[C@@](Cc1ccc(N)nc1)(C(=O)O)c1cn(Cc2cc(-c3ccc(Cl)s3)on2)cn1. The number of pyridine rings is 1. The van der Waals surface area contributed by atoms with E-state index in [1.165, 1.54) is 11.3 Å². The first kappa shape index (κ1) is 21.1. The van der Waals surface area contributed by atoms with Gasteiger partial charge in [0.05, 0.1) is 27.8 Å². The Hall–Kier alpha value is -3.17. The molecule has 4 rings (SSSR count). The highest BCUT2D eigenvalue weighted by Gasteiger charge is 2.41. The van der Waals surface area contributed by atoms with E-state index >= 15 is 0 Å². The number of aromatic nitrogens is 4. The van der Waals surface area contributed by atoms with Crippen LogP contribution in [0.3, 0.4) is 0 Å². The minimum Gasteiger partial charge on any atom is -0.481 e. The van der Waals surface area contributed by atoms with Gasteiger partial charge in [-0.2, -0.15) is 0 Å². The van der Waals surface area contributed by atoms with Gasteiger partial charge in [-0.25, -0.2) is 9.97 Å². The number of anilines is 1. The van der Waals surface area contributed by atoms with Gasteiger partial charge >= 0.3 is 5.97 Å². The molecule has 31 heavy (non-hydrogen) atoms. The fourth-order valence-corrected chi connectivity index (χ4v) is 4.44. The van der Waals surface area contributed by atoms with E-state index in [-0.39, 0.29) is 6.42 Å². The molecule has 1 atom stereocenters. The first-order chi connectivity index (χ1) is 14.9. The molecule has 160 valence electrons. The molecule has 8 nitrogen and oxygen atoms in total. The zero-order valence-electron chi connectivity index (χ0n) is 16.7. The molecule has 4 aromatic rings. The number of imidazole rings is 1. The van der Waals surface area contributed by atoms with Crippen LogP contribution in [0.5, 0.6) is 0 Å². The number of carboxylic acid groups (broad SMARTS) is 1. The van der Waals surface area contributed by atoms with Crippen molar-refractivity contribution in [1.82, 2.24) is 19.7 Å². The second kappa shape index (κ2) is 8.52. The zero-order chi connectivity index (χ0) is 22.0. The van der Waals surface area contributed by atoms with Crippen molar-refractivity contribution in [1.29, 1.82) is 0 Å². The molecule has 0 saturated carbocycles. The molecular formula is C21H20ClN5O3S. The molecule has 10 heteroatoms. The Morgan fingerprint density at radius 1 is 1.32 bits per heavy atom. The Labute approximate surface area is 187 Å². The predicted molar refractivity (Wildman–Crippen MR) is 118 cm³/mol. The second-order valence-electron chi connectivity index (χ2n) is 7.23. The molecule has 0 radical (unpaired) electrons. The molecule has 0 unspecified atom stereocenters. The number of hydrogen-bond donors (Lipinski definition) is 2. The third-order valence-corrected chi connectivity index (χ3v) is 6.46. The molecular weight excluding hydrogens is 438 g/mol. The number of nitrogens with two attached hydrogens (primary N) is 1. The monoisotopic (exact) mass is 457 g/mol. The van der Waals surface area contributed by atoms with Gasteiger partial charge in [0.1, 0.15) is 16.9 Å². The van der Waals surface area contributed by atoms with Gasteiger partial charge in [-0.15, -0.1) is 11.3 Å². The average molecular weight is 458 g/mol. The maximum absolute atomic E-state index is 12.3. The van der Waals surface area contributed by atoms with E-state index in [2.05, 4.69) is 15.1 Å². The summed E-state index contributed by atoms with van der Waals surface area (Å²) in [6.45, 7) is 2.24. The molecule has 0 aliphatic carbocycles. The Morgan fingerprint density at radius 3 is 2.81 bits per heavy atom. The third kappa shape index (κ3) is 4.33. The van der Waals surface area contributed by atoms with Crippen molar-refractivity contribution in [3.8, 4) is 10.6 Å². The highest BCUT2D eigenvalue weighted by atomic mass is 35.5. The van der Waals surface area contributed by atoms with Crippen LogP contribution in [0, 0.1) is 0 Å². The lowest BCUT2D eigenvalue weighted by atomic mass is 9.77. The van der Waals surface area contributed by atoms with Gasteiger partial charge in [0.25, 0.3) is 0 Å². The van der Waals surface area contributed by atoms with Crippen LogP contribution >= 0.6 is 22.9 Å². The number of rotatable bonds is 8. The predicted octanol–water partition coefficient (Wildman–Crippen LogP) is 4.25. The van der Waals surface area contributed by atoms with Crippen molar-refractivity contribution < 1.29 is 14.4 Å². The lowest BCUT2D eigenvalue weighted by Crippen LogP contribution is -2.38. The van der Waals surface area contributed by atoms with Gasteiger partial charge in [-0.05, 0) is 36.6 Å². The summed E-state index contributed by atoms with van der Waals surface area (Å²) in [6, 6.07) is 8.98. The van der Waals surface area contributed by atoms with Crippen LogP contribution in [-0.4, -0.2) is 30.8 Å². The van der Waals surface area contributed by atoms with Crippen molar-refractivity contribution in [3.05, 3.63) is 70.3 Å².